The Kier molecular flexibility index (Phi) is 5.20. The number of carbonyl (C=O) groups excluding carboxylic acids is 1. The van der Waals surface area contributed by atoms with Gasteiger partial charge in [-0.25, -0.2) is 4.79 Å². The summed E-state index contributed by atoms with van der Waals surface area (Å²) in [6, 6.07) is 13.9. The van der Waals surface area contributed by atoms with Crippen molar-refractivity contribution in [2.45, 2.75) is 0 Å². The highest BCUT2D eigenvalue weighted by molar-refractivity contribution is 5.89. The van der Waals surface area contributed by atoms with Crippen LogP contribution in [0.15, 0.2) is 59.2 Å². The molecule has 0 spiro atoms. The van der Waals surface area contributed by atoms with Gasteiger partial charge in [0, 0.05) is 10.5 Å². The fourth-order valence-corrected chi connectivity index (χ4v) is 1.88. The molecule has 0 N–H and O–H groups in total. The first kappa shape index (κ1) is 15.2. The summed E-state index contributed by atoms with van der Waals surface area (Å²) in [5.74, 6) is 5.19. The van der Waals surface area contributed by atoms with Crippen LogP contribution in [0.5, 0.6) is 0 Å². The van der Waals surface area contributed by atoms with E-state index in [0.717, 1.165) is 16.3 Å². The molecule has 0 saturated carbocycles. The van der Waals surface area contributed by atoms with Gasteiger partial charge in [-0.1, -0.05) is 47.3 Å². The maximum absolute atomic E-state index is 11.5. The average Bonchev–Trinajstić information content (AvgIpc) is 2.57. The molecular formula is C17H13N3O2. The fraction of sp³-hybridized carbons (Fsp3) is 0.118. The lowest BCUT2D eigenvalue weighted by atomic mass is 10.1. The predicted molar refractivity (Wildman–Crippen MR) is 84.9 cm³/mol. The summed E-state index contributed by atoms with van der Waals surface area (Å²) < 4.78 is 4.61. The van der Waals surface area contributed by atoms with Crippen molar-refractivity contribution in [1.29, 1.82) is 0 Å². The molecule has 2 rings (SSSR count). The van der Waals surface area contributed by atoms with E-state index in [9.17, 15) is 4.79 Å². The molecule has 5 nitrogen and oxygen atoms in total. The van der Waals surface area contributed by atoms with Gasteiger partial charge in [-0.15, -0.1) is 0 Å². The van der Waals surface area contributed by atoms with Crippen LogP contribution >= 0.6 is 0 Å². The van der Waals surface area contributed by atoms with Crippen molar-refractivity contribution in [1.82, 2.24) is 0 Å². The number of benzene rings is 2. The zero-order valence-electron chi connectivity index (χ0n) is 12.0. The summed E-state index contributed by atoms with van der Waals surface area (Å²) in [4.78, 5) is 14.1. The molecule has 5 heteroatoms. The third-order valence-corrected chi connectivity index (χ3v) is 2.96. The molecule has 0 amide bonds. The smallest absolute Gasteiger partial charge is 0.334 e. The molecule has 0 aromatic heterocycles. The Morgan fingerprint density at radius 3 is 2.82 bits per heavy atom. The Labute approximate surface area is 127 Å². The summed E-state index contributed by atoms with van der Waals surface area (Å²) in [6.07, 6.45) is 1.41. The van der Waals surface area contributed by atoms with Gasteiger partial charge in [-0.3, -0.25) is 0 Å². The second-order valence-electron chi connectivity index (χ2n) is 4.38. The zero-order valence-corrected chi connectivity index (χ0v) is 12.0. The normalized spacial score (nSPS) is 10.3. The van der Waals surface area contributed by atoms with E-state index < -0.39 is 5.97 Å². The third-order valence-electron chi connectivity index (χ3n) is 2.96. The topological polar surface area (TPSA) is 75.1 Å². The minimum Gasteiger partial charge on any atom is -0.466 e. The van der Waals surface area contributed by atoms with Crippen LogP contribution in [-0.4, -0.2) is 19.6 Å². The molecule has 0 atom stereocenters. The van der Waals surface area contributed by atoms with Crippen LogP contribution in [0.25, 0.3) is 21.2 Å². The van der Waals surface area contributed by atoms with Crippen molar-refractivity contribution in [3.63, 3.8) is 0 Å². The van der Waals surface area contributed by atoms with E-state index in [2.05, 4.69) is 26.6 Å². The number of methoxy groups -OCH3 is 1. The van der Waals surface area contributed by atoms with Crippen LogP contribution < -0.4 is 0 Å². The fourth-order valence-electron chi connectivity index (χ4n) is 1.88. The van der Waals surface area contributed by atoms with E-state index >= 15 is 0 Å². The average molecular weight is 291 g/mol. The molecular weight excluding hydrogens is 278 g/mol. The SMILES string of the molecule is COC(=O)/C(=C/C#Cc1ccc2ccccc2c1)CN=[N+]=[N-]. The maximum atomic E-state index is 11.5. The monoisotopic (exact) mass is 291 g/mol. The number of hydrogen-bond donors (Lipinski definition) is 0. The first-order valence-electron chi connectivity index (χ1n) is 6.53. The molecule has 108 valence electrons. The molecule has 2 aromatic carbocycles. The van der Waals surface area contributed by atoms with E-state index in [1.54, 1.807) is 0 Å². The van der Waals surface area contributed by atoms with Gasteiger partial charge in [0.2, 0.25) is 0 Å². The maximum Gasteiger partial charge on any atom is 0.334 e. The lowest BCUT2D eigenvalue weighted by Crippen LogP contribution is -2.06. The van der Waals surface area contributed by atoms with Gasteiger partial charge >= 0.3 is 5.97 Å². The number of ether oxygens (including phenoxy) is 1. The van der Waals surface area contributed by atoms with E-state index in [4.69, 9.17) is 5.53 Å². The second kappa shape index (κ2) is 7.53. The van der Waals surface area contributed by atoms with Crippen molar-refractivity contribution in [3.05, 3.63) is 70.1 Å². The van der Waals surface area contributed by atoms with E-state index in [1.165, 1.54) is 13.2 Å². The number of rotatable bonds is 3. The Bertz CT molecular complexity index is 838. The van der Waals surface area contributed by atoms with Crippen LogP contribution in [-0.2, 0) is 9.53 Å². The summed E-state index contributed by atoms with van der Waals surface area (Å²) >= 11 is 0. The molecule has 2 aromatic rings. The highest BCUT2D eigenvalue weighted by Gasteiger charge is 2.06. The van der Waals surface area contributed by atoms with Gasteiger partial charge in [0.1, 0.15) is 0 Å². The van der Waals surface area contributed by atoms with Crippen LogP contribution in [0.3, 0.4) is 0 Å². The van der Waals surface area contributed by atoms with Gasteiger partial charge in [-0.05, 0) is 34.5 Å². The van der Waals surface area contributed by atoms with Crippen molar-refractivity contribution in [2.24, 2.45) is 5.11 Å². The number of fused-ring (bicyclic) bond motifs is 1. The van der Waals surface area contributed by atoms with Gasteiger partial charge in [0.25, 0.3) is 0 Å². The molecule has 0 fully saturated rings. The molecule has 22 heavy (non-hydrogen) atoms. The van der Waals surface area contributed by atoms with Crippen molar-refractivity contribution in [2.75, 3.05) is 13.7 Å². The first-order chi connectivity index (χ1) is 10.7. The van der Waals surface area contributed by atoms with Crippen LogP contribution in [0, 0.1) is 11.8 Å². The minimum absolute atomic E-state index is 0.0877. The van der Waals surface area contributed by atoms with Crippen LogP contribution in [0.1, 0.15) is 5.56 Å². The third kappa shape index (κ3) is 3.89. The van der Waals surface area contributed by atoms with Gasteiger partial charge < -0.3 is 4.74 Å². The number of nitrogens with zero attached hydrogens (tertiary/aromatic N) is 3. The van der Waals surface area contributed by atoms with Gasteiger partial charge in [0.15, 0.2) is 0 Å². The summed E-state index contributed by atoms with van der Waals surface area (Å²) in [5, 5.41) is 5.59. The Hall–Kier alpha value is -3.22. The van der Waals surface area contributed by atoms with Crippen LogP contribution in [0.2, 0.25) is 0 Å². The highest BCUT2D eigenvalue weighted by atomic mass is 16.5. The van der Waals surface area contributed by atoms with E-state index in [0.29, 0.717) is 0 Å². The molecule has 0 bridgehead atoms. The highest BCUT2D eigenvalue weighted by Crippen LogP contribution is 2.14. The van der Waals surface area contributed by atoms with Crippen molar-refractivity contribution >= 4 is 16.7 Å². The Morgan fingerprint density at radius 1 is 1.32 bits per heavy atom. The molecule has 0 aliphatic rings. The standard InChI is InChI=1S/C17H13N3O2/c1-22-17(21)16(12-19-20-18)8-4-5-13-9-10-14-6-2-3-7-15(14)11-13/h2-3,6-11H,12H2,1H3/b16-8+. The quantitative estimate of drug-likeness (QED) is 0.216. The number of hydrogen-bond acceptors (Lipinski definition) is 3. The van der Waals surface area contributed by atoms with E-state index in [-0.39, 0.29) is 12.1 Å². The van der Waals surface area contributed by atoms with Crippen molar-refractivity contribution < 1.29 is 9.53 Å². The molecule has 0 saturated heterocycles. The molecule has 0 aliphatic heterocycles. The van der Waals surface area contributed by atoms with Crippen molar-refractivity contribution in [3.8, 4) is 11.8 Å². The summed E-state index contributed by atoms with van der Waals surface area (Å²) in [6.45, 7) is -0.0877. The lowest BCUT2D eigenvalue weighted by molar-refractivity contribution is -0.136. The number of allylic oxidation sites excluding steroid dienone is 1. The molecule has 0 aliphatic carbocycles. The van der Waals surface area contributed by atoms with E-state index in [1.807, 2.05) is 42.5 Å². The predicted octanol–water partition coefficient (Wildman–Crippen LogP) is 3.60. The summed E-state index contributed by atoms with van der Waals surface area (Å²) in [5.41, 5.74) is 9.37. The number of carbonyl (C=O) groups is 1. The lowest BCUT2D eigenvalue weighted by Gasteiger charge is -1.99. The zero-order chi connectivity index (χ0) is 15.8. The summed E-state index contributed by atoms with van der Waals surface area (Å²) in [7, 11) is 1.27. The number of esters is 1. The minimum atomic E-state index is -0.555. The second-order valence-corrected chi connectivity index (χ2v) is 4.38. The molecule has 0 unspecified atom stereocenters. The Morgan fingerprint density at radius 2 is 2.09 bits per heavy atom. The van der Waals surface area contributed by atoms with Gasteiger partial charge in [0.05, 0.1) is 19.2 Å². The largest absolute Gasteiger partial charge is 0.466 e. The molecule has 0 heterocycles. The molecule has 0 radical (unpaired) electrons. The van der Waals surface area contributed by atoms with Gasteiger partial charge in [-0.2, -0.15) is 0 Å². The Balaban J connectivity index is 2.27. The van der Waals surface area contributed by atoms with Crippen LogP contribution in [0.4, 0.5) is 0 Å². The number of azide groups is 1. The first-order valence-corrected chi connectivity index (χ1v) is 6.53.